The molecule has 1 atom stereocenters. The van der Waals surface area contributed by atoms with Crippen LogP contribution in [0.5, 0.6) is 0 Å². The Hall–Kier alpha value is -0.347. The number of fused-ring (bicyclic) bond motifs is 5. The average Bonchev–Trinajstić information content (AvgIpc) is 3.36. The monoisotopic (exact) mass is 606 g/mol. The summed E-state index contributed by atoms with van der Waals surface area (Å²) in [5, 5.41) is 2.72. The normalized spacial score (nSPS) is 16.9. The Morgan fingerprint density at radius 3 is 2.50 bits per heavy atom. The second-order valence-corrected chi connectivity index (χ2v) is 16.6. The fourth-order valence-electron chi connectivity index (χ4n) is 4.55. The molecule has 0 radical (unpaired) electrons. The van der Waals surface area contributed by atoms with Gasteiger partial charge in [-0.1, -0.05) is 0 Å². The van der Waals surface area contributed by atoms with Gasteiger partial charge in [0.1, 0.15) is 0 Å². The van der Waals surface area contributed by atoms with Gasteiger partial charge in [0.15, 0.2) is 0 Å². The summed E-state index contributed by atoms with van der Waals surface area (Å²) < 4.78 is 3.34. The van der Waals surface area contributed by atoms with Crippen LogP contribution in [0, 0.1) is 0 Å². The quantitative estimate of drug-likeness (QED) is 0.266. The average molecular weight is 610 g/mol. The first-order chi connectivity index (χ1) is 13.7. The molecule has 0 N–H and O–H groups in total. The van der Waals surface area contributed by atoms with Crippen LogP contribution in [-0.4, -0.2) is 4.16 Å². The number of benzene rings is 3. The summed E-state index contributed by atoms with van der Waals surface area (Å²) >= 11 is 3.50. The van der Waals surface area contributed by atoms with E-state index < -0.39 is 19.7 Å². The molecular weight excluding hydrogens is 594 g/mol. The van der Waals surface area contributed by atoms with Crippen LogP contribution in [-0.2, 0) is 26.1 Å². The van der Waals surface area contributed by atoms with Gasteiger partial charge in [-0.3, -0.25) is 0 Å². The molecule has 6 heteroatoms. The van der Waals surface area contributed by atoms with Crippen molar-refractivity contribution < 1.29 is 44.5 Å². The maximum absolute atomic E-state index is 6.39. The number of alkyl halides is 1. The summed E-state index contributed by atoms with van der Waals surface area (Å²) in [7, 11) is 6.39. The van der Waals surface area contributed by atoms with E-state index in [1.807, 2.05) is 11.8 Å². The van der Waals surface area contributed by atoms with E-state index in [1.54, 1.807) is 0 Å². The van der Waals surface area contributed by atoms with Crippen LogP contribution < -0.4 is 38.5 Å². The molecule has 0 bridgehead atoms. The maximum atomic E-state index is 6.39. The molecule has 1 unspecified atom stereocenters. The van der Waals surface area contributed by atoms with Gasteiger partial charge in [-0.25, -0.2) is 0 Å². The van der Waals surface area contributed by atoms with Crippen molar-refractivity contribution in [2.75, 3.05) is 0 Å². The molecule has 0 amide bonds. The molecule has 0 spiro atoms. The fraction of sp³-hybridized carbons (Fsp3) is 0.0833. The molecule has 30 heavy (non-hydrogen) atoms. The van der Waals surface area contributed by atoms with Gasteiger partial charge in [0.05, 0.1) is 0 Å². The third-order valence-electron chi connectivity index (χ3n) is 5.83. The number of hydrogen-bond acceptors (Lipinski definition) is 2. The molecule has 148 valence electrons. The standard InChI is InChI=1S/C13H9.C11H6BrS.2ClH.S.Zr/c1-3-7-12-10(5-1)9-11-6-2-4-8-13(11)12;12-10-6-8-5-7-3-1-2-4-9(7)11(8)13-10;;;;/h1-5,7-8H,9H2;1-5,10H;2*1H;;/q;;;;;+2/p-2. The molecule has 1 heterocycles. The molecular formula is C24H15BrCl2S2Zr. The summed E-state index contributed by atoms with van der Waals surface area (Å²) in [5.41, 5.74) is 7.16. The van der Waals surface area contributed by atoms with Crippen molar-refractivity contribution in [1.82, 2.24) is 0 Å². The van der Waals surface area contributed by atoms with E-state index in [2.05, 4.69) is 88.7 Å². The Morgan fingerprint density at radius 1 is 0.900 bits per heavy atom. The first-order valence-electron chi connectivity index (χ1n) is 9.33. The van der Waals surface area contributed by atoms with Crippen molar-refractivity contribution in [3.8, 4) is 11.1 Å². The van der Waals surface area contributed by atoms with Gasteiger partial charge >= 0.3 is 189 Å². The number of halogens is 3. The van der Waals surface area contributed by atoms with Crippen molar-refractivity contribution in [2.45, 2.75) is 10.6 Å². The van der Waals surface area contributed by atoms with Crippen molar-refractivity contribution >= 4 is 50.8 Å². The Bertz CT molecular complexity index is 1360. The SMILES string of the molecule is [Cl-].[Cl-].[S]=[Zr+2]([C]1=C2C=c3ccccc3=C2SC1Br)[c]1cccc2c1Cc1ccccc1-2. The van der Waals surface area contributed by atoms with E-state index in [4.69, 9.17) is 8.86 Å². The molecule has 0 nitrogen and oxygen atoms in total. The first kappa shape index (κ1) is 22.8. The summed E-state index contributed by atoms with van der Waals surface area (Å²) in [4.78, 5) is 1.42. The predicted octanol–water partition coefficient (Wildman–Crippen LogP) is -1.05. The summed E-state index contributed by atoms with van der Waals surface area (Å²) in [6.45, 7) is 0. The number of rotatable bonds is 2. The molecule has 3 aromatic carbocycles. The number of thioether (sulfide) groups is 1. The van der Waals surface area contributed by atoms with Crippen LogP contribution in [0.1, 0.15) is 11.1 Å². The van der Waals surface area contributed by atoms with Crippen LogP contribution in [0.3, 0.4) is 0 Å². The zero-order valence-electron chi connectivity index (χ0n) is 15.7. The molecule has 0 fully saturated rings. The van der Waals surface area contributed by atoms with E-state index in [1.165, 1.54) is 49.7 Å². The third kappa shape index (κ3) is 3.43. The van der Waals surface area contributed by atoms with Crippen molar-refractivity contribution in [3.63, 3.8) is 0 Å². The molecule has 3 aromatic rings. The van der Waals surface area contributed by atoms with Gasteiger partial charge < -0.3 is 24.8 Å². The van der Waals surface area contributed by atoms with Crippen molar-refractivity contribution in [1.29, 1.82) is 0 Å². The Morgan fingerprint density at radius 2 is 1.63 bits per heavy atom. The van der Waals surface area contributed by atoms with Crippen LogP contribution in [0.4, 0.5) is 0 Å². The Labute approximate surface area is 212 Å². The minimum absolute atomic E-state index is 0. The topological polar surface area (TPSA) is 0 Å². The minimum atomic E-state index is -2.41. The molecule has 3 aliphatic rings. The summed E-state index contributed by atoms with van der Waals surface area (Å²) in [5.74, 6) is 0. The fourth-order valence-corrected chi connectivity index (χ4v) is 17.1. The molecule has 0 saturated carbocycles. The zero-order valence-corrected chi connectivity index (χ0v) is 22.9. The molecule has 0 saturated heterocycles. The second kappa shape index (κ2) is 8.89. The molecule has 2 aliphatic carbocycles. The molecule has 1 aliphatic heterocycles. The van der Waals surface area contributed by atoms with Crippen LogP contribution in [0.15, 0.2) is 75.6 Å². The van der Waals surface area contributed by atoms with Crippen molar-refractivity contribution in [2.24, 2.45) is 0 Å². The van der Waals surface area contributed by atoms with E-state index in [9.17, 15) is 0 Å². The van der Waals surface area contributed by atoms with Crippen LogP contribution in [0.2, 0.25) is 0 Å². The summed E-state index contributed by atoms with van der Waals surface area (Å²) in [6.07, 6.45) is 3.41. The van der Waals surface area contributed by atoms with Gasteiger partial charge in [0, 0.05) is 0 Å². The molecule has 6 rings (SSSR count). The van der Waals surface area contributed by atoms with E-state index in [0.717, 1.165) is 6.42 Å². The zero-order chi connectivity index (χ0) is 18.8. The number of hydrogen-bond donors (Lipinski definition) is 0. The first-order valence-corrected chi connectivity index (χ1v) is 17.0. The van der Waals surface area contributed by atoms with E-state index in [0.29, 0.717) is 4.16 Å². The van der Waals surface area contributed by atoms with Crippen LogP contribution in [0.25, 0.3) is 22.1 Å². The van der Waals surface area contributed by atoms with Gasteiger partial charge in [-0.15, -0.1) is 0 Å². The Kier molecular flexibility index (Phi) is 6.76. The Balaban J connectivity index is 0.00000109. The second-order valence-electron chi connectivity index (χ2n) is 7.32. The van der Waals surface area contributed by atoms with Gasteiger partial charge in [0.2, 0.25) is 0 Å². The molecule has 0 aromatic heterocycles. The summed E-state index contributed by atoms with van der Waals surface area (Å²) in [6, 6.07) is 24.4. The van der Waals surface area contributed by atoms with E-state index in [-0.39, 0.29) is 24.8 Å². The van der Waals surface area contributed by atoms with Crippen molar-refractivity contribution in [3.05, 3.63) is 97.1 Å². The van der Waals surface area contributed by atoms with Gasteiger partial charge in [-0.05, 0) is 0 Å². The van der Waals surface area contributed by atoms with E-state index >= 15 is 0 Å². The van der Waals surface area contributed by atoms with Crippen LogP contribution >= 0.6 is 36.5 Å². The third-order valence-corrected chi connectivity index (χ3v) is 17.0. The predicted molar refractivity (Wildman–Crippen MR) is 123 cm³/mol. The van der Waals surface area contributed by atoms with Gasteiger partial charge in [-0.2, -0.15) is 0 Å². The van der Waals surface area contributed by atoms with Gasteiger partial charge in [0.25, 0.3) is 0 Å².